The van der Waals surface area contributed by atoms with E-state index in [4.69, 9.17) is 5.11 Å². The molecule has 2 aromatic carbocycles. The van der Waals surface area contributed by atoms with E-state index in [9.17, 15) is 18.0 Å². The second-order valence-corrected chi connectivity index (χ2v) is 8.86. The Morgan fingerprint density at radius 1 is 1.03 bits per heavy atom. The van der Waals surface area contributed by atoms with Crippen molar-refractivity contribution in [3.63, 3.8) is 0 Å². The first-order valence-corrected chi connectivity index (χ1v) is 11.4. The second-order valence-electron chi connectivity index (χ2n) is 8.86. The van der Waals surface area contributed by atoms with Crippen LogP contribution >= 0.6 is 0 Å². The van der Waals surface area contributed by atoms with E-state index in [1.807, 2.05) is 52.1 Å². The van der Waals surface area contributed by atoms with Crippen LogP contribution in [0.2, 0.25) is 0 Å². The van der Waals surface area contributed by atoms with Crippen LogP contribution in [-0.4, -0.2) is 22.9 Å². The summed E-state index contributed by atoms with van der Waals surface area (Å²) in [5.41, 5.74) is 6.44. The minimum atomic E-state index is -4.47. The molecule has 0 spiro atoms. The molecule has 0 saturated carbocycles. The van der Waals surface area contributed by atoms with Gasteiger partial charge in [0.15, 0.2) is 5.78 Å². The van der Waals surface area contributed by atoms with Gasteiger partial charge in [-0.15, -0.1) is 23.3 Å². The minimum Gasteiger partial charge on any atom is -0.512 e. The second kappa shape index (κ2) is 13.7. The first-order chi connectivity index (χ1) is 16.7. The molecule has 37 heavy (non-hydrogen) atoms. The smallest absolute Gasteiger partial charge is 0.399 e. The van der Waals surface area contributed by atoms with Crippen LogP contribution in [0.15, 0.2) is 48.4 Å². The summed E-state index contributed by atoms with van der Waals surface area (Å²) in [5.74, 6) is -0.0625. The molecule has 0 saturated heterocycles. The zero-order valence-electron chi connectivity index (χ0n) is 22.0. The van der Waals surface area contributed by atoms with E-state index in [2.05, 4.69) is 16.4 Å². The number of rotatable bonds is 5. The topological polar surface area (TPSA) is 62.2 Å². The van der Waals surface area contributed by atoms with E-state index in [0.29, 0.717) is 23.4 Å². The molecular weight excluding hydrogens is 660 g/mol. The van der Waals surface area contributed by atoms with E-state index < -0.39 is 11.7 Å². The number of hydrogen-bond donors (Lipinski definition) is 2. The standard InChI is InChI=1S/C24H24F3N2.C5H8O2.Pt/c1-14-8-15(2)22(16(3)9-14)23-17(4)10-19(24(25,26)27)12-20(23)21-11-18(13-28-5)6-7-29-21;1-4(6)3-5(2)7;/h6-11,28H,13H2,1-5H3;3,6H,1-2H3;/q-1;;/b;4-3-;. The molecule has 0 fully saturated rings. The Morgan fingerprint density at radius 2 is 1.59 bits per heavy atom. The number of pyridine rings is 1. The van der Waals surface area contributed by atoms with E-state index in [1.54, 1.807) is 13.1 Å². The molecule has 0 radical (unpaired) electrons. The zero-order chi connectivity index (χ0) is 27.2. The summed E-state index contributed by atoms with van der Waals surface area (Å²) in [6.45, 7) is 11.2. The SMILES string of the molecule is CC(=O)/C=C(/C)O.CNCc1ccnc(-c2[c-]c(C(F)(F)F)cc(C)c2-c2c(C)cc(C)cc2C)c1.[Pt]. The van der Waals surface area contributed by atoms with Crippen LogP contribution in [0.5, 0.6) is 0 Å². The fourth-order valence-electron chi connectivity index (χ4n) is 4.18. The molecule has 0 atom stereocenters. The van der Waals surface area contributed by atoms with Crippen LogP contribution in [0.3, 0.4) is 0 Å². The summed E-state index contributed by atoms with van der Waals surface area (Å²) >= 11 is 0. The van der Waals surface area contributed by atoms with Crippen LogP contribution in [0.4, 0.5) is 13.2 Å². The predicted octanol–water partition coefficient (Wildman–Crippen LogP) is 7.22. The molecule has 0 aliphatic rings. The van der Waals surface area contributed by atoms with Gasteiger partial charge in [0.1, 0.15) is 0 Å². The number of ketones is 1. The van der Waals surface area contributed by atoms with Gasteiger partial charge in [0.05, 0.1) is 5.76 Å². The zero-order valence-corrected chi connectivity index (χ0v) is 24.3. The fourth-order valence-corrected chi connectivity index (χ4v) is 4.18. The van der Waals surface area contributed by atoms with Gasteiger partial charge in [-0.25, -0.2) is 0 Å². The number of hydrogen-bond acceptors (Lipinski definition) is 4. The third kappa shape index (κ3) is 8.94. The summed E-state index contributed by atoms with van der Waals surface area (Å²) in [4.78, 5) is 14.4. The van der Waals surface area contributed by atoms with Gasteiger partial charge in [-0.2, -0.15) is 13.2 Å². The number of alkyl halides is 3. The Kier molecular flexibility index (Phi) is 11.9. The molecule has 4 nitrogen and oxygen atoms in total. The van der Waals surface area contributed by atoms with Crippen molar-refractivity contribution in [2.24, 2.45) is 0 Å². The van der Waals surface area contributed by atoms with Gasteiger partial charge in [-0.3, -0.25) is 4.79 Å². The molecule has 0 bridgehead atoms. The number of carbonyl (C=O) groups is 1. The molecule has 8 heteroatoms. The van der Waals surface area contributed by atoms with Crippen molar-refractivity contribution in [3.05, 3.63) is 87.8 Å². The quantitative estimate of drug-likeness (QED) is 0.169. The first-order valence-electron chi connectivity index (χ1n) is 11.4. The maximum atomic E-state index is 13.5. The average Bonchev–Trinajstić information content (AvgIpc) is 2.73. The molecular formula is C29H32F3N2O2Pt-. The van der Waals surface area contributed by atoms with Crippen molar-refractivity contribution in [2.45, 2.75) is 54.3 Å². The average molecular weight is 693 g/mol. The number of aliphatic hydroxyl groups excluding tert-OH is 1. The molecule has 2 N–H and O–H groups in total. The number of halogens is 3. The summed E-state index contributed by atoms with van der Waals surface area (Å²) in [7, 11) is 1.82. The largest absolute Gasteiger partial charge is 0.512 e. The van der Waals surface area contributed by atoms with Gasteiger partial charge in [-0.05, 0) is 64.6 Å². The number of nitrogens with one attached hydrogen (secondary N) is 1. The van der Waals surface area contributed by atoms with Crippen molar-refractivity contribution in [3.8, 4) is 22.4 Å². The Balaban J connectivity index is 0.000000754. The first kappa shape index (κ1) is 32.3. The summed E-state index contributed by atoms with van der Waals surface area (Å²) in [6.07, 6.45) is -1.68. The van der Waals surface area contributed by atoms with E-state index in [-0.39, 0.29) is 32.6 Å². The normalized spacial score (nSPS) is 11.4. The van der Waals surface area contributed by atoms with E-state index in [1.165, 1.54) is 26.0 Å². The van der Waals surface area contributed by atoms with Crippen molar-refractivity contribution in [2.75, 3.05) is 7.05 Å². The van der Waals surface area contributed by atoms with Gasteiger partial charge in [0, 0.05) is 39.9 Å². The number of aryl methyl sites for hydroxylation is 4. The van der Waals surface area contributed by atoms with Gasteiger partial charge in [0.2, 0.25) is 0 Å². The number of aliphatic hydroxyl groups is 1. The number of aromatic nitrogens is 1. The van der Waals surface area contributed by atoms with Crippen molar-refractivity contribution >= 4 is 5.78 Å². The Hall–Kier alpha value is -2.76. The number of nitrogens with zero attached hydrogens (tertiary/aromatic N) is 1. The minimum absolute atomic E-state index is 0. The fraction of sp³-hybridized carbons (Fsp3) is 0.310. The summed E-state index contributed by atoms with van der Waals surface area (Å²) in [6, 6.07) is 11.6. The third-order valence-corrected chi connectivity index (χ3v) is 5.37. The Bertz CT molecular complexity index is 1260. The van der Waals surface area contributed by atoms with Crippen LogP contribution in [-0.2, 0) is 38.6 Å². The van der Waals surface area contributed by atoms with Gasteiger partial charge in [0.25, 0.3) is 0 Å². The third-order valence-electron chi connectivity index (χ3n) is 5.37. The predicted molar refractivity (Wildman–Crippen MR) is 138 cm³/mol. The monoisotopic (exact) mass is 692 g/mol. The van der Waals surface area contributed by atoms with E-state index in [0.717, 1.165) is 33.4 Å². The molecule has 3 rings (SSSR count). The maximum absolute atomic E-state index is 13.5. The molecule has 202 valence electrons. The van der Waals surface area contributed by atoms with Crippen molar-refractivity contribution < 1.29 is 44.1 Å². The maximum Gasteiger partial charge on any atom is 0.399 e. The molecule has 0 amide bonds. The van der Waals surface area contributed by atoms with Crippen LogP contribution < -0.4 is 5.32 Å². The summed E-state index contributed by atoms with van der Waals surface area (Å²) in [5, 5.41) is 11.4. The molecule has 1 heterocycles. The van der Waals surface area contributed by atoms with Gasteiger partial charge >= 0.3 is 6.18 Å². The molecule has 1 aromatic heterocycles. The van der Waals surface area contributed by atoms with Gasteiger partial charge in [-0.1, -0.05) is 52.9 Å². The number of carbonyl (C=O) groups excluding carboxylic acids is 1. The summed E-state index contributed by atoms with van der Waals surface area (Å²) < 4.78 is 40.6. The Morgan fingerprint density at radius 3 is 2.05 bits per heavy atom. The molecule has 0 unspecified atom stereocenters. The molecule has 3 aromatic rings. The number of allylic oxidation sites excluding steroid dienone is 2. The molecule has 0 aliphatic carbocycles. The molecule has 0 aliphatic heterocycles. The van der Waals surface area contributed by atoms with Crippen molar-refractivity contribution in [1.29, 1.82) is 0 Å². The van der Waals surface area contributed by atoms with Crippen LogP contribution in [0, 0.1) is 33.8 Å². The Labute approximate surface area is 231 Å². The van der Waals surface area contributed by atoms with Crippen molar-refractivity contribution in [1.82, 2.24) is 10.3 Å². The number of benzene rings is 2. The van der Waals surface area contributed by atoms with E-state index >= 15 is 0 Å². The van der Waals surface area contributed by atoms with Crippen LogP contribution in [0.1, 0.15) is 47.2 Å². The van der Waals surface area contributed by atoms with Crippen LogP contribution in [0.25, 0.3) is 22.4 Å². The van der Waals surface area contributed by atoms with Gasteiger partial charge < -0.3 is 15.4 Å².